The second-order valence-electron chi connectivity index (χ2n) is 5.83. The molecule has 0 aliphatic heterocycles. The van der Waals surface area contributed by atoms with Crippen molar-refractivity contribution in [2.75, 3.05) is 4.90 Å². The summed E-state index contributed by atoms with van der Waals surface area (Å²) < 4.78 is 0. The minimum Gasteiger partial charge on any atom is -0.323 e. The van der Waals surface area contributed by atoms with Gasteiger partial charge >= 0.3 is 0 Å². The summed E-state index contributed by atoms with van der Waals surface area (Å²) in [6, 6.07) is 26.1. The van der Waals surface area contributed by atoms with Crippen molar-refractivity contribution in [3.8, 4) is 0 Å². The van der Waals surface area contributed by atoms with Gasteiger partial charge in [-0.2, -0.15) is 0 Å². The fraction of sp³-hybridized carbons (Fsp3) is 0. The van der Waals surface area contributed by atoms with Crippen LogP contribution in [0.4, 0.5) is 17.6 Å². The van der Waals surface area contributed by atoms with E-state index < -0.39 is 0 Å². The molecule has 5 nitrogen and oxygen atoms in total. The Labute approximate surface area is 144 Å². The van der Waals surface area contributed by atoms with Crippen LogP contribution in [0, 0.1) is 0 Å². The predicted octanol–water partition coefficient (Wildman–Crippen LogP) is 4.91. The second-order valence-corrected chi connectivity index (χ2v) is 5.83. The van der Waals surface area contributed by atoms with Gasteiger partial charge in [-0.1, -0.05) is 42.5 Å². The number of imidazole rings is 2. The number of fused-ring (bicyclic) bond motifs is 2. The van der Waals surface area contributed by atoms with Crippen molar-refractivity contribution < 1.29 is 0 Å². The molecule has 5 aromatic rings. The van der Waals surface area contributed by atoms with Crippen LogP contribution in [0.15, 0.2) is 78.9 Å². The van der Waals surface area contributed by atoms with E-state index in [0.29, 0.717) is 0 Å². The number of rotatable bonds is 3. The van der Waals surface area contributed by atoms with E-state index in [1.807, 2.05) is 83.8 Å². The Bertz CT molecular complexity index is 1020. The van der Waals surface area contributed by atoms with E-state index in [1.54, 1.807) is 0 Å². The number of benzene rings is 3. The van der Waals surface area contributed by atoms with Crippen LogP contribution in [0.1, 0.15) is 0 Å². The zero-order chi connectivity index (χ0) is 16.6. The maximum absolute atomic E-state index is 4.75. The van der Waals surface area contributed by atoms with Gasteiger partial charge in [0.2, 0.25) is 11.9 Å². The van der Waals surface area contributed by atoms with E-state index in [2.05, 4.69) is 9.97 Å². The van der Waals surface area contributed by atoms with E-state index in [0.717, 1.165) is 39.7 Å². The van der Waals surface area contributed by atoms with E-state index in [1.165, 1.54) is 0 Å². The normalized spacial score (nSPS) is 11.2. The zero-order valence-corrected chi connectivity index (χ0v) is 13.3. The number of hydrogen-bond donors (Lipinski definition) is 2. The van der Waals surface area contributed by atoms with Crippen molar-refractivity contribution in [2.24, 2.45) is 0 Å². The molecule has 0 saturated heterocycles. The topological polar surface area (TPSA) is 60.6 Å². The Hall–Kier alpha value is -3.60. The highest BCUT2D eigenvalue weighted by atomic mass is 15.3. The Kier molecular flexibility index (Phi) is 3.03. The summed E-state index contributed by atoms with van der Waals surface area (Å²) >= 11 is 0. The van der Waals surface area contributed by atoms with Gasteiger partial charge in [0.1, 0.15) is 0 Å². The second kappa shape index (κ2) is 5.49. The number of hydrogen-bond acceptors (Lipinski definition) is 3. The number of H-pyrrole nitrogens is 2. The van der Waals surface area contributed by atoms with E-state index >= 15 is 0 Å². The summed E-state index contributed by atoms with van der Waals surface area (Å²) in [5, 5.41) is 0. The predicted molar refractivity (Wildman–Crippen MR) is 100 cm³/mol. The molecule has 0 atom stereocenters. The Morgan fingerprint density at radius 2 is 1.04 bits per heavy atom. The third-order valence-electron chi connectivity index (χ3n) is 4.19. The third-order valence-corrected chi connectivity index (χ3v) is 4.19. The van der Waals surface area contributed by atoms with Crippen LogP contribution in [-0.2, 0) is 0 Å². The van der Waals surface area contributed by atoms with Crippen LogP contribution in [0.5, 0.6) is 0 Å². The average molecular weight is 325 g/mol. The molecule has 0 spiro atoms. The van der Waals surface area contributed by atoms with Gasteiger partial charge in [-0.25, -0.2) is 14.9 Å². The number of anilines is 3. The first-order valence-corrected chi connectivity index (χ1v) is 8.13. The maximum Gasteiger partial charge on any atom is 0.215 e. The standard InChI is InChI=1S/C20H15N5/c1-2-8-14(9-3-1)25(19-21-15-10-4-5-11-16(15)22-19)20-23-17-12-6-7-13-18(17)24-20/h1-13H,(H,21,22)(H,23,24). The summed E-state index contributed by atoms with van der Waals surface area (Å²) in [6.07, 6.45) is 0. The summed E-state index contributed by atoms with van der Waals surface area (Å²) in [7, 11) is 0. The average Bonchev–Trinajstić information content (AvgIpc) is 3.26. The summed E-state index contributed by atoms with van der Waals surface area (Å²) in [4.78, 5) is 18.3. The number of nitrogens with zero attached hydrogens (tertiary/aromatic N) is 3. The fourth-order valence-corrected chi connectivity index (χ4v) is 3.01. The van der Waals surface area contributed by atoms with Gasteiger partial charge in [-0.05, 0) is 36.4 Å². The van der Waals surface area contributed by atoms with Crippen molar-refractivity contribution >= 4 is 39.7 Å². The van der Waals surface area contributed by atoms with Gasteiger partial charge in [-0.3, -0.25) is 0 Å². The molecule has 3 aromatic carbocycles. The van der Waals surface area contributed by atoms with Crippen LogP contribution >= 0.6 is 0 Å². The lowest BCUT2D eigenvalue weighted by molar-refractivity contribution is 1.09. The van der Waals surface area contributed by atoms with Crippen molar-refractivity contribution in [3.63, 3.8) is 0 Å². The number of aromatic amines is 2. The van der Waals surface area contributed by atoms with Crippen LogP contribution in [0.25, 0.3) is 22.1 Å². The van der Waals surface area contributed by atoms with Crippen LogP contribution in [-0.4, -0.2) is 19.9 Å². The van der Waals surface area contributed by atoms with Gasteiger partial charge in [0.25, 0.3) is 0 Å². The van der Waals surface area contributed by atoms with Crippen molar-refractivity contribution in [2.45, 2.75) is 0 Å². The van der Waals surface area contributed by atoms with Crippen molar-refractivity contribution in [3.05, 3.63) is 78.9 Å². The van der Waals surface area contributed by atoms with Crippen LogP contribution in [0.3, 0.4) is 0 Å². The molecule has 0 saturated carbocycles. The molecule has 0 fully saturated rings. The smallest absolute Gasteiger partial charge is 0.215 e. The summed E-state index contributed by atoms with van der Waals surface area (Å²) in [5.74, 6) is 1.46. The highest BCUT2D eigenvalue weighted by Crippen LogP contribution is 2.32. The first kappa shape index (κ1) is 13.8. The van der Waals surface area contributed by atoms with Crippen LogP contribution < -0.4 is 4.90 Å². The van der Waals surface area contributed by atoms with Gasteiger partial charge in [-0.15, -0.1) is 0 Å². The third kappa shape index (κ3) is 2.33. The lowest BCUT2D eigenvalue weighted by Gasteiger charge is -2.18. The monoisotopic (exact) mass is 325 g/mol. The molecule has 2 aromatic heterocycles. The molecular formula is C20H15N5. The molecule has 0 aliphatic rings. The molecule has 0 unspecified atom stereocenters. The Morgan fingerprint density at radius 3 is 1.56 bits per heavy atom. The minimum atomic E-state index is 0.728. The highest BCUT2D eigenvalue weighted by Gasteiger charge is 2.19. The lowest BCUT2D eigenvalue weighted by atomic mass is 10.3. The number of para-hydroxylation sites is 5. The van der Waals surface area contributed by atoms with Gasteiger partial charge in [0.05, 0.1) is 27.8 Å². The highest BCUT2D eigenvalue weighted by molar-refractivity contribution is 5.84. The molecule has 120 valence electrons. The minimum absolute atomic E-state index is 0.728. The largest absolute Gasteiger partial charge is 0.323 e. The van der Waals surface area contributed by atoms with Crippen LogP contribution in [0.2, 0.25) is 0 Å². The zero-order valence-electron chi connectivity index (χ0n) is 13.3. The Morgan fingerprint density at radius 1 is 0.560 bits per heavy atom. The molecule has 2 N–H and O–H groups in total. The molecule has 5 heteroatoms. The van der Waals surface area contributed by atoms with Gasteiger partial charge in [0, 0.05) is 0 Å². The first-order chi connectivity index (χ1) is 12.4. The molecule has 25 heavy (non-hydrogen) atoms. The van der Waals surface area contributed by atoms with Gasteiger partial charge < -0.3 is 9.97 Å². The van der Waals surface area contributed by atoms with E-state index in [4.69, 9.17) is 9.97 Å². The van der Waals surface area contributed by atoms with E-state index in [9.17, 15) is 0 Å². The van der Waals surface area contributed by atoms with E-state index in [-0.39, 0.29) is 0 Å². The summed E-state index contributed by atoms with van der Waals surface area (Å²) in [5.41, 5.74) is 4.83. The van der Waals surface area contributed by atoms with Crippen molar-refractivity contribution in [1.29, 1.82) is 0 Å². The SMILES string of the molecule is c1ccc(N(c2nc3ccccc3[nH]2)c2nc3ccccc3[nH]2)cc1. The number of aromatic nitrogens is 4. The molecule has 0 radical (unpaired) electrons. The quantitative estimate of drug-likeness (QED) is 0.495. The fourth-order valence-electron chi connectivity index (χ4n) is 3.01. The maximum atomic E-state index is 4.75. The van der Waals surface area contributed by atoms with Gasteiger partial charge in [0.15, 0.2) is 0 Å². The summed E-state index contributed by atoms with van der Waals surface area (Å²) in [6.45, 7) is 0. The van der Waals surface area contributed by atoms with Crippen molar-refractivity contribution in [1.82, 2.24) is 19.9 Å². The number of nitrogens with one attached hydrogen (secondary N) is 2. The molecule has 0 aliphatic carbocycles. The lowest BCUT2D eigenvalue weighted by Crippen LogP contribution is -2.12. The molecule has 5 rings (SSSR count). The molecule has 0 amide bonds. The first-order valence-electron chi connectivity index (χ1n) is 8.13. The molecule has 2 heterocycles. The molecular weight excluding hydrogens is 310 g/mol. The molecule has 0 bridgehead atoms. The Balaban J connectivity index is 1.73.